The molecule has 0 radical (unpaired) electrons. The first-order valence-electron chi connectivity index (χ1n) is 17.2. The van der Waals surface area contributed by atoms with Crippen LogP contribution in [0.4, 0.5) is 26.3 Å². The van der Waals surface area contributed by atoms with Crippen molar-refractivity contribution < 1.29 is 60.7 Å². The third kappa shape index (κ3) is 12.4. The molecule has 6 N–H and O–H groups in total. The Balaban J connectivity index is 0.000000228. The van der Waals surface area contributed by atoms with Crippen LogP contribution >= 0.6 is 0 Å². The fraction of sp³-hybridized carbons (Fsp3) is 0.190. The van der Waals surface area contributed by atoms with Gasteiger partial charge in [0.2, 0.25) is 0 Å². The average Bonchev–Trinajstić information content (AvgIpc) is 3.17. The molecule has 6 rings (SSSR count). The summed E-state index contributed by atoms with van der Waals surface area (Å²) in [4.78, 5) is 23.2. The molecule has 0 bridgehead atoms. The van der Waals surface area contributed by atoms with Crippen molar-refractivity contribution in [2.45, 2.75) is 38.3 Å². The number of amides is 1. The van der Waals surface area contributed by atoms with Crippen molar-refractivity contribution in [1.29, 1.82) is 0 Å². The van der Waals surface area contributed by atoms with Gasteiger partial charge in [-0.15, -0.1) is 0 Å². The van der Waals surface area contributed by atoms with E-state index in [-0.39, 0.29) is 48.3 Å². The van der Waals surface area contributed by atoms with Gasteiger partial charge in [-0.3, -0.25) is 4.79 Å². The largest absolute Gasteiger partial charge is 0.478 e. The molecule has 0 aliphatic rings. The van der Waals surface area contributed by atoms with Gasteiger partial charge in [0.25, 0.3) is 5.91 Å². The lowest BCUT2D eigenvalue weighted by Crippen LogP contribution is -2.34. The van der Waals surface area contributed by atoms with Gasteiger partial charge in [-0.05, 0) is 122 Å². The first-order chi connectivity index (χ1) is 26.9. The Morgan fingerprint density at radius 3 is 1.40 bits per heavy atom. The van der Waals surface area contributed by atoms with Gasteiger partial charge in [-0.25, -0.2) is 4.79 Å². The number of aliphatic hydroxyl groups excluding tert-OH is 2. The molecule has 57 heavy (non-hydrogen) atoms. The second-order valence-electron chi connectivity index (χ2n) is 12.7. The maximum absolute atomic E-state index is 12.7. The number of benzene rings is 6. The van der Waals surface area contributed by atoms with Crippen molar-refractivity contribution in [1.82, 2.24) is 5.32 Å². The number of aliphatic hydroxyl groups is 2. The lowest BCUT2D eigenvalue weighted by molar-refractivity contribution is -0.138. The highest BCUT2D eigenvalue weighted by molar-refractivity contribution is 6.00. The number of carbonyl (C=O) groups is 2. The first-order valence-corrected chi connectivity index (χ1v) is 17.2. The van der Waals surface area contributed by atoms with Crippen molar-refractivity contribution in [3.63, 3.8) is 0 Å². The maximum Gasteiger partial charge on any atom is 0.416 e. The summed E-state index contributed by atoms with van der Waals surface area (Å²) in [6.45, 7) is 3.36. The molecule has 300 valence electrons. The lowest BCUT2D eigenvalue weighted by Gasteiger charge is -2.13. The van der Waals surface area contributed by atoms with E-state index in [9.17, 15) is 35.9 Å². The van der Waals surface area contributed by atoms with Crippen molar-refractivity contribution in [3.8, 4) is 23.0 Å². The second-order valence-corrected chi connectivity index (χ2v) is 12.7. The monoisotopic (exact) mass is 796 g/mol. The smallest absolute Gasteiger partial charge is 0.416 e. The van der Waals surface area contributed by atoms with Gasteiger partial charge in [0, 0.05) is 28.4 Å². The van der Waals surface area contributed by atoms with Crippen molar-refractivity contribution in [2.75, 3.05) is 13.2 Å². The molecule has 0 aliphatic carbocycles. The minimum Gasteiger partial charge on any atom is -0.478 e. The molecule has 6 aromatic rings. The lowest BCUT2D eigenvalue weighted by atomic mass is 10.1. The molecule has 9 nitrogen and oxygen atoms in total. The maximum atomic E-state index is 12.7. The summed E-state index contributed by atoms with van der Waals surface area (Å²) in [5.74, 6) is 0.0949. The van der Waals surface area contributed by atoms with E-state index < -0.39 is 29.4 Å². The van der Waals surface area contributed by atoms with Crippen molar-refractivity contribution >= 4 is 33.4 Å². The van der Waals surface area contributed by atoms with E-state index in [0.717, 1.165) is 29.7 Å². The standard InChI is InChI=1S/C21H18F3NO3.C18H11F3O3.C3H9NO/c1-13(12-26)25-20(27)15-5-10-18-14(11-15)3-2-4-19(18)28-17-8-6-16(7-9-17)21(22,23)24;19-18(20,21)13-5-7-14(8-6-13)24-16-3-1-2-11-10-12(17(22)23)4-9-15(11)16;1-3(4)2-5/h2-11,13,26H,12H2,1H3,(H,25,27);1-10H,(H,22,23);3,5H,2,4H2,1H3/t13-;;3-/m1.1/s1. The van der Waals surface area contributed by atoms with Crippen LogP contribution in [0.25, 0.3) is 21.5 Å². The van der Waals surface area contributed by atoms with Gasteiger partial charge in [-0.1, -0.05) is 24.3 Å². The second kappa shape index (κ2) is 19.1. The number of aromatic carboxylic acids is 1. The van der Waals surface area contributed by atoms with Crippen molar-refractivity contribution in [3.05, 3.63) is 144 Å². The Hall–Kier alpha value is -6.16. The number of rotatable bonds is 9. The van der Waals surface area contributed by atoms with Crippen LogP contribution in [0.15, 0.2) is 121 Å². The van der Waals surface area contributed by atoms with E-state index >= 15 is 0 Å². The fourth-order valence-electron chi connectivity index (χ4n) is 4.99. The van der Waals surface area contributed by atoms with E-state index in [2.05, 4.69) is 5.32 Å². The molecule has 2 atom stereocenters. The normalized spacial score (nSPS) is 12.3. The average molecular weight is 797 g/mol. The van der Waals surface area contributed by atoms with Crippen LogP contribution in [0, 0.1) is 0 Å². The zero-order valence-electron chi connectivity index (χ0n) is 30.4. The van der Waals surface area contributed by atoms with E-state index in [1.165, 1.54) is 36.4 Å². The van der Waals surface area contributed by atoms with Crippen molar-refractivity contribution in [2.24, 2.45) is 5.73 Å². The van der Waals surface area contributed by atoms with Crippen LogP contribution in [0.3, 0.4) is 0 Å². The number of nitrogens with two attached hydrogens (primary N) is 1. The van der Waals surface area contributed by atoms with Gasteiger partial charge in [-0.2, -0.15) is 26.3 Å². The van der Waals surface area contributed by atoms with Crippen LogP contribution in [0.1, 0.15) is 45.7 Å². The summed E-state index contributed by atoms with van der Waals surface area (Å²) in [5, 5.41) is 31.5. The molecule has 15 heteroatoms. The molecule has 0 spiro atoms. The SMILES string of the molecule is C[C@@H](N)CO.C[C@H](CO)NC(=O)c1ccc2c(Oc3ccc(C(F)(F)F)cc3)cccc2c1.O=C(O)c1ccc2c(Oc3ccc(C(F)(F)F)cc3)cccc2c1. The fourth-order valence-corrected chi connectivity index (χ4v) is 4.99. The molecular formula is C42H38F6N2O7. The quantitative estimate of drug-likeness (QED) is 0.0909. The summed E-state index contributed by atoms with van der Waals surface area (Å²) < 4.78 is 87.1. The van der Waals surface area contributed by atoms with E-state index in [4.69, 9.17) is 30.5 Å². The van der Waals surface area contributed by atoms with Crippen LogP contribution in [-0.4, -0.2) is 52.5 Å². The molecule has 0 heterocycles. The van der Waals surface area contributed by atoms with Crippen LogP contribution in [0.2, 0.25) is 0 Å². The van der Waals surface area contributed by atoms with Crippen LogP contribution in [-0.2, 0) is 12.4 Å². The highest BCUT2D eigenvalue weighted by Crippen LogP contribution is 2.35. The Kier molecular flexibility index (Phi) is 14.6. The van der Waals surface area contributed by atoms with Crippen LogP contribution in [0.5, 0.6) is 23.0 Å². The molecule has 0 fully saturated rings. The Labute approximate surface area is 322 Å². The number of nitrogens with one attached hydrogen (secondary N) is 1. The number of fused-ring (bicyclic) bond motifs is 2. The van der Waals surface area contributed by atoms with E-state index in [1.807, 2.05) is 0 Å². The molecule has 0 unspecified atom stereocenters. The Bertz CT molecular complexity index is 2280. The van der Waals surface area contributed by atoms with Gasteiger partial charge in [0.1, 0.15) is 23.0 Å². The number of halogens is 6. The summed E-state index contributed by atoms with van der Waals surface area (Å²) in [6.07, 6.45) is -8.80. The van der Waals surface area contributed by atoms with Gasteiger partial charge in [0.15, 0.2) is 0 Å². The zero-order valence-corrected chi connectivity index (χ0v) is 30.4. The third-order valence-electron chi connectivity index (χ3n) is 7.95. The minimum absolute atomic E-state index is 0.0602. The molecule has 6 aromatic carbocycles. The summed E-state index contributed by atoms with van der Waals surface area (Å²) in [5.41, 5.74) is 4.12. The van der Waals surface area contributed by atoms with Gasteiger partial charge in [0.05, 0.1) is 29.9 Å². The number of ether oxygens (including phenoxy) is 2. The topological polar surface area (TPSA) is 151 Å². The number of hydrogen-bond acceptors (Lipinski definition) is 7. The zero-order chi connectivity index (χ0) is 41.9. The minimum atomic E-state index is -4.40. The summed E-state index contributed by atoms with van der Waals surface area (Å²) in [6, 6.07) is 28.3. The molecular weight excluding hydrogens is 758 g/mol. The number of alkyl halides is 6. The molecule has 0 saturated heterocycles. The predicted molar refractivity (Wildman–Crippen MR) is 203 cm³/mol. The predicted octanol–water partition coefficient (Wildman–Crippen LogP) is 9.44. The molecule has 0 aliphatic heterocycles. The van der Waals surface area contributed by atoms with E-state index in [1.54, 1.807) is 74.5 Å². The Morgan fingerprint density at radius 2 is 1.04 bits per heavy atom. The van der Waals surface area contributed by atoms with Gasteiger partial charge < -0.3 is 35.8 Å². The summed E-state index contributed by atoms with van der Waals surface area (Å²) in [7, 11) is 0. The summed E-state index contributed by atoms with van der Waals surface area (Å²) >= 11 is 0. The third-order valence-corrected chi connectivity index (χ3v) is 7.95. The number of carboxylic acid groups (broad SMARTS) is 1. The van der Waals surface area contributed by atoms with Crippen LogP contribution < -0.4 is 20.5 Å². The number of carboxylic acids is 1. The molecule has 1 amide bonds. The molecule has 0 aromatic heterocycles. The Morgan fingerprint density at radius 1 is 0.632 bits per heavy atom. The highest BCUT2D eigenvalue weighted by atomic mass is 19.4. The van der Waals surface area contributed by atoms with E-state index in [0.29, 0.717) is 33.2 Å². The number of hydrogen-bond donors (Lipinski definition) is 5. The first kappa shape index (κ1) is 43.6. The van der Waals surface area contributed by atoms with Gasteiger partial charge >= 0.3 is 18.3 Å². The number of carbonyl (C=O) groups excluding carboxylic acids is 1. The highest BCUT2D eigenvalue weighted by Gasteiger charge is 2.31. The molecule has 0 saturated carbocycles.